The van der Waals surface area contributed by atoms with Crippen LogP contribution < -0.4 is 10.1 Å². The number of hydrogen-bond donors (Lipinski definition) is 2. The van der Waals surface area contributed by atoms with Crippen LogP contribution in [0.25, 0.3) is 22.4 Å². The minimum absolute atomic E-state index is 0.113. The van der Waals surface area contributed by atoms with Gasteiger partial charge in [0.15, 0.2) is 0 Å². The zero-order valence-electron chi connectivity index (χ0n) is 21.6. The summed E-state index contributed by atoms with van der Waals surface area (Å²) in [5.41, 5.74) is 1.37. The Morgan fingerprint density at radius 3 is 2.42 bits per heavy atom. The zero-order valence-corrected chi connectivity index (χ0v) is 21.6. The normalized spacial score (nSPS) is 24.6. The molecule has 40 heavy (non-hydrogen) atoms. The number of ether oxygens (including phenoxy) is 1. The molecule has 4 aliphatic carbocycles. The Morgan fingerprint density at radius 2 is 1.75 bits per heavy atom. The van der Waals surface area contributed by atoms with Crippen molar-refractivity contribution in [2.24, 2.45) is 23.2 Å². The predicted molar refractivity (Wildman–Crippen MR) is 147 cm³/mol. The molecule has 0 saturated heterocycles. The van der Waals surface area contributed by atoms with Crippen LogP contribution in [0.15, 0.2) is 60.8 Å². The molecular weight excluding hydrogens is 510 g/mol. The van der Waals surface area contributed by atoms with Gasteiger partial charge >= 0.3 is 5.97 Å². The van der Waals surface area contributed by atoms with E-state index in [2.05, 4.69) is 20.3 Å². The molecule has 10 nitrogen and oxygen atoms in total. The number of amides is 1. The van der Waals surface area contributed by atoms with E-state index in [0.29, 0.717) is 51.6 Å². The van der Waals surface area contributed by atoms with Gasteiger partial charge in [-0.25, -0.2) is 9.97 Å². The number of anilines is 1. The number of H-pyrrole nitrogens is 1. The van der Waals surface area contributed by atoms with Crippen LogP contribution in [-0.4, -0.2) is 31.8 Å². The lowest BCUT2D eigenvalue weighted by molar-refractivity contribution is -0.384. The van der Waals surface area contributed by atoms with Crippen molar-refractivity contribution in [1.29, 1.82) is 0 Å². The third-order valence-electron chi connectivity index (χ3n) is 8.76. The van der Waals surface area contributed by atoms with Gasteiger partial charge in [0.1, 0.15) is 17.4 Å². The van der Waals surface area contributed by atoms with Crippen LogP contribution >= 0.6 is 0 Å². The van der Waals surface area contributed by atoms with E-state index >= 15 is 0 Å². The maximum Gasteiger partial charge on any atom is 0.317 e. The standard InChI is InChI=1S/C30H27N5O5/c36-28(34-26-3-1-2-8-31-26)20-4-7-23-24(12-20)33-27(32-23)22-6-5-21(35(38)39)13-25(22)40-29(37)30-14-17-9-18(15-30)11-19(10-17)16-30/h1-8,12-13,17-19H,9-11,14-16H2,(H,32,33)(H,31,34,36). The first kappa shape index (κ1) is 24.4. The number of carbonyl (C=O) groups is 2. The van der Waals surface area contributed by atoms with Crippen molar-refractivity contribution in [1.82, 2.24) is 15.0 Å². The van der Waals surface area contributed by atoms with Gasteiger partial charge in [-0.2, -0.15) is 0 Å². The van der Waals surface area contributed by atoms with Crippen LogP contribution in [0.4, 0.5) is 11.5 Å². The number of nitrogens with zero attached hydrogens (tertiary/aromatic N) is 3. The molecule has 4 fully saturated rings. The first-order valence-electron chi connectivity index (χ1n) is 13.6. The van der Waals surface area contributed by atoms with Crippen LogP contribution in [0.3, 0.4) is 0 Å². The molecule has 0 atom stereocenters. The highest BCUT2D eigenvalue weighted by atomic mass is 16.6. The summed E-state index contributed by atoms with van der Waals surface area (Å²) < 4.78 is 6.03. The van der Waals surface area contributed by atoms with Crippen LogP contribution in [0.2, 0.25) is 0 Å². The number of fused-ring (bicyclic) bond motifs is 1. The molecule has 0 aliphatic heterocycles. The van der Waals surface area contributed by atoms with Gasteiger partial charge in [0.25, 0.3) is 11.6 Å². The van der Waals surface area contributed by atoms with Gasteiger partial charge in [0.05, 0.1) is 33.0 Å². The van der Waals surface area contributed by atoms with Gasteiger partial charge in [-0.3, -0.25) is 19.7 Å². The van der Waals surface area contributed by atoms with E-state index in [1.165, 1.54) is 31.4 Å². The van der Waals surface area contributed by atoms with E-state index in [4.69, 9.17) is 4.74 Å². The minimum Gasteiger partial charge on any atom is -0.425 e. The van der Waals surface area contributed by atoms with E-state index in [9.17, 15) is 19.7 Å². The molecule has 2 heterocycles. The summed E-state index contributed by atoms with van der Waals surface area (Å²) in [5, 5.41) is 14.3. The van der Waals surface area contributed by atoms with Crippen molar-refractivity contribution in [3.8, 4) is 17.1 Å². The Bertz CT molecular complexity index is 1630. The van der Waals surface area contributed by atoms with Gasteiger partial charge in [-0.1, -0.05) is 6.07 Å². The topological polar surface area (TPSA) is 140 Å². The third-order valence-corrected chi connectivity index (χ3v) is 8.76. The van der Waals surface area contributed by atoms with Crippen molar-refractivity contribution in [3.05, 3.63) is 76.5 Å². The van der Waals surface area contributed by atoms with Crippen LogP contribution in [0, 0.1) is 33.3 Å². The molecule has 0 unspecified atom stereocenters. The number of aromatic nitrogens is 3. The zero-order chi connectivity index (χ0) is 27.4. The van der Waals surface area contributed by atoms with Gasteiger partial charge in [-0.05, 0) is 92.7 Å². The maximum atomic E-state index is 13.7. The van der Waals surface area contributed by atoms with Gasteiger partial charge in [0, 0.05) is 17.8 Å². The van der Waals surface area contributed by atoms with Crippen molar-refractivity contribution in [2.45, 2.75) is 38.5 Å². The van der Waals surface area contributed by atoms with Crippen LogP contribution in [-0.2, 0) is 4.79 Å². The number of nitro groups is 1. The fraction of sp³-hybridized carbons (Fsp3) is 0.333. The number of imidazole rings is 1. The predicted octanol–water partition coefficient (Wildman–Crippen LogP) is 5.91. The van der Waals surface area contributed by atoms with E-state index in [1.54, 1.807) is 48.7 Å². The second kappa shape index (κ2) is 9.25. The first-order valence-corrected chi connectivity index (χ1v) is 13.6. The number of non-ortho nitro benzene ring substituents is 1. The van der Waals surface area contributed by atoms with E-state index in [1.807, 2.05) is 0 Å². The summed E-state index contributed by atoms with van der Waals surface area (Å²) in [6.45, 7) is 0. The Hall–Kier alpha value is -4.60. The van der Waals surface area contributed by atoms with E-state index in [-0.39, 0.29) is 23.3 Å². The number of carbonyl (C=O) groups excluding carboxylic acids is 2. The highest BCUT2D eigenvalue weighted by Crippen LogP contribution is 2.60. The van der Waals surface area contributed by atoms with Crippen molar-refractivity contribution in [2.75, 3.05) is 5.32 Å². The number of nitro benzene ring substituents is 1. The second-order valence-corrected chi connectivity index (χ2v) is 11.5. The van der Waals surface area contributed by atoms with Gasteiger partial charge < -0.3 is 15.0 Å². The smallest absolute Gasteiger partial charge is 0.317 e. The van der Waals surface area contributed by atoms with Crippen molar-refractivity contribution in [3.63, 3.8) is 0 Å². The lowest BCUT2D eigenvalue weighted by Crippen LogP contribution is -2.51. The highest BCUT2D eigenvalue weighted by molar-refractivity contribution is 6.05. The summed E-state index contributed by atoms with van der Waals surface area (Å²) in [6.07, 6.45) is 7.65. The largest absolute Gasteiger partial charge is 0.425 e. The number of nitrogens with one attached hydrogen (secondary N) is 2. The van der Waals surface area contributed by atoms with Gasteiger partial charge in [-0.15, -0.1) is 0 Å². The summed E-state index contributed by atoms with van der Waals surface area (Å²) in [4.78, 5) is 49.5. The summed E-state index contributed by atoms with van der Waals surface area (Å²) in [6, 6.07) is 14.5. The van der Waals surface area contributed by atoms with E-state index < -0.39 is 10.3 Å². The molecule has 1 amide bonds. The lowest BCUT2D eigenvalue weighted by Gasteiger charge is -2.55. The Kier molecular flexibility index (Phi) is 5.65. The molecule has 2 aromatic carbocycles. The average molecular weight is 538 g/mol. The summed E-state index contributed by atoms with van der Waals surface area (Å²) >= 11 is 0. The number of hydrogen-bond acceptors (Lipinski definition) is 7. The lowest BCUT2D eigenvalue weighted by atomic mass is 9.49. The maximum absolute atomic E-state index is 13.7. The highest BCUT2D eigenvalue weighted by Gasteiger charge is 2.55. The molecule has 4 bridgehead atoms. The van der Waals surface area contributed by atoms with Gasteiger partial charge in [0.2, 0.25) is 0 Å². The minimum atomic E-state index is -0.513. The molecular formula is C30H27N5O5. The van der Waals surface area contributed by atoms with E-state index in [0.717, 1.165) is 19.3 Å². The fourth-order valence-corrected chi connectivity index (χ4v) is 7.38. The number of esters is 1. The Morgan fingerprint density at radius 1 is 1.00 bits per heavy atom. The first-order chi connectivity index (χ1) is 19.3. The summed E-state index contributed by atoms with van der Waals surface area (Å²) in [7, 11) is 0. The molecule has 0 spiro atoms. The average Bonchev–Trinajstić information content (AvgIpc) is 3.36. The molecule has 4 aromatic rings. The van der Waals surface area contributed by atoms with Crippen LogP contribution in [0.5, 0.6) is 5.75 Å². The molecule has 10 heteroatoms. The number of rotatable bonds is 6. The SMILES string of the molecule is O=C(Nc1ccccn1)c1ccc2nc(-c3ccc([N+](=O)[O-])cc3OC(=O)C34CC5CC(CC(C5)C3)C4)[nH]c2c1. The number of aromatic amines is 1. The monoisotopic (exact) mass is 537 g/mol. The fourth-order valence-electron chi connectivity index (χ4n) is 7.38. The van der Waals surface area contributed by atoms with Crippen LogP contribution in [0.1, 0.15) is 48.9 Å². The Balaban J connectivity index is 1.20. The molecule has 4 aliphatic rings. The molecule has 2 N–H and O–H groups in total. The second-order valence-electron chi connectivity index (χ2n) is 11.5. The molecule has 202 valence electrons. The quantitative estimate of drug-likeness (QED) is 0.135. The summed E-state index contributed by atoms with van der Waals surface area (Å²) in [5.74, 6) is 2.00. The molecule has 2 aromatic heterocycles. The third kappa shape index (κ3) is 4.29. The Labute approximate surface area is 229 Å². The van der Waals surface area contributed by atoms with Crippen molar-refractivity contribution >= 4 is 34.4 Å². The molecule has 4 saturated carbocycles. The number of pyridine rings is 1. The number of benzene rings is 2. The molecule has 0 radical (unpaired) electrons. The van der Waals surface area contributed by atoms with Crippen molar-refractivity contribution < 1.29 is 19.2 Å². The molecule has 8 rings (SSSR count).